The van der Waals surface area contributed by atoms with Crippen molar-refractivity contribution in [3.8, 4) is 11.1 Å². The minimum Gasteiger partial charge on any atom is -0.448 e. The number of benzene rings is 2. The van der Waals surface area contributed by atoms with E-state index in [1.165, 1.54) is 4.90 Å². The average molecular weight is 406 g/mol. The first-order valence-electron chi connectivity index (χ1n) is 10.8. The molecule has 0 saturated carbocycles. The molecule has 2 amide bonds. The number of likely N-dealkylation sites (tertiary alicyclic amines) is 2. The summed E-state index contributed by atoms with van der Waals surface area (Å²) in [6.07, 6.45) is 1.27. The zero-order chi connectivity index (χ0) is 20.7. The number of nitrogens with zero attached hydrogens (tertiary/aromatic N) is 2. The van der Waals surface area contributed by atoms with E-state index < -0.39 is 18.4 Å². The number of carbonyl (C=O) groups excluding carboxylic acids is 2. The van der Waals surface area contributed by atoms with Gasteiger partial charge in [0.2, 0.25) is 5.91 Å². The second-order valence-corrected chi connectivity index (χ2v) is 8.32. The van der Waals surface area contributed by atoms with Crippen LogP contribution in [0.25, 0.3) is 11.1 Å². The van der Waals surface area contributed by atoms with E-state index in [1.54, 1.807) is 4.90 Å². The molecular formula is C24H26N2O4. The average Bonchev–Trinajstić information content (AvgIpc) is 3.50. The summed E-state index contributed by atoms with van der Waals surface area (Å²) in [5.74, 6) is -0.119. The van der Waals surface area contributed by atoms with Gasteiger partial charge in [0, 0.05) is 19.0 Å². The molecule has 0 bridgehead atoms. The molecule has 6 nitrogen and oxygen atoms in total. The van der Waals surface area contributed by atoms with Gasteiger partial charge < -0.3 is 14.7 Å². The second-order valence-electron chi connectivity index (χ2n) is 8.32. The highest BCUT2D eigenvalue weighted by atomic mass is 16.6. The van der Waals surface area contributed by atoms with Gasteiger partial charge in [-0.2, -0.15) is 0 Å². The van der Waals surface area contributed by atoms with Gasteiger partial charge in [-0.3, -0.25) is 9.69 Å². The highest BCUT2D eigenvalue weighted by Crippen LogP contribution is 2.44. The van der Waals surface area contributed by atoms with E-state index in [0.717, 1.165) is 48.2 Å². The van der Waals surface area contributed by atoms with Gasteiger partial charge in [0.15, 0.2) is 0 Å². The van der Waals surface area contributed by atoms with Crippen LogP contribution in [0, 0.1) is 0 Å². The molecule has 5 rings (SSSR count). The van der Waals surface area contributed by atoms with E-state index in [1.807, 2.05) is 24.3 Å². The highest BCUT2D eigenvalue weighted by molar-refractivity contribution is 5.86. The Kier molecular flexibility index (Phi) is 4.95. The van der Waals surface area contributed by atoms with Crippen molar-refractivity contribution in [2.45, 2.75) is 43.9 Å². The Morgan fingerprint density at radius 1 is 0.933 bits per heavy atom. The molecule has 2 saturated heterocycles. The van der Waals surface area contributed by atoms with Crippen molar-refractivity contribution in [1.29, 1.82) is 0 Å². The van der Waals surface area contributed by atoms with E-state index in [2.05, 4.69) is 24.3 Å². The number of carbonyl (C=O) groups is 2. The summed E-state index contributed by atoms with van der Waals surface area (Å²) in [6.45, 7) is 1.63. The molecule has 2 aromatic rings. The van der Waals surface area contributed by atoms with Crippen LogP contribution in [0.4, 0.5) is 4.79 Å². The second kappa shape index (κ2) is 7.76. The molecule has 0 radical (unpaired) electrons. The summed E-state index contributed by atoms with van der Waals surface area (Å²) in [6, 6.07) is 15.7. The third-order valence-corrected chi connectivity index (χ3v) is 6.60. The summed E-state index contributed by atoms with van der Waals surface area (Å²) in [4.78, 5) is 28.8. The van der Waals surface area contributed by atoms with Gasteiger partial charge in [0.05, 0.1) is 0 Å². The van der Waals surface area contributed by atoms with Gasteiger partial charge >= 0.3 is 6.09 Å². The fourth-order valence-corrected chi connectivity index (χ4v) is 5.10. The van der Waals surface area contributed by atoms with Crippen LogP contribution in [-0.4, -0.2) is 58.9 Å². The lowest BCUT2D eigenvalue weighted by Gasteiger charge is -2.29. The normalized spacial score (nSPS) is 22.8. The van der Waals surface area contributed by atoms with E-state index >= 15 is 0 Å². The maximum Gasteiger partial charge on any atom is 0.412 e. The maximum absolute atomic E-state index is 12.9. The van der Waals surface area contributed by atoms with E-state index in [-0.39, 0.29) is 18.4 Å². The van der Waals surface area contributed by atoms with Crippen molar-refractivity contribution in [3.05, 3.63) is 59.7 Å². The lowest BCUT2D eigenvalue weighted by Crippen LogP contribution is -2.50. The minimum atomic E-state index is -0.975. The first kappa shape index (κ1) is 19.1. The molecular weight excluding hydrogens is 380 g/mol. The molecule has 2 fully saturated rings. The zero-order valence-corrected chi connectivity index (χ0v) is 16.9. The summed E-state index contributed by atoms with van der Waals surface area (Å²) in [7, 11) is 0. The molecule has 30 heavy (non-hydrogen) atoms. The fourth-order valence-electron chi connectivity index (χ4n) is 5.10. The number of hydrogen-bond acceptors (Lipinski definition) is 4. The predicted octanol–water partition coefficient (Wildman–Crippen LogP) is 3.34. The van der Waals surface area contributed by atoms with Gasteiger partial charge in [-0.05, 0) is 47.9 Å². The molecule has 3 aliphatic rings. The van der Waals surface area contributed by atoms with Crippen LogP contribution >= 0.6 is 0 Å². The molecule has 0 aromatic heterocycles. The standard InChI is InChI=1S/C24H26N2O4/c27-22-12-11-21(23(28)25-13-5-6-14-25)26(22)24(29)30-15-20-18-9-3-1-7-16(18)17-8-2-4-10-19(17)20/h1-4,7-10,20-22,27H,5-6,11-15H2. The Balaban J connectivity index is 1.32. The van der Waals surface area contributed by atoms with Gasteiger partial charge in [0.25, 0.3) is 0 Å². The van der Waals surface area contributed by atoms with Crippen molar-refractivity contribution in [2.24, 2.45) is 0 Å². The molecule has 0 spiro atoms. The molecule has 2 atom stereocenters. The zero-order valence-electron chi connectivity index (χ0n) is 16.9. The summed E-state index contributed by atoms with van der Waals surface area (Å²) >= 11 is 0. The third kappa shape index (κ3) is 3.16. The Bertz CT molecular complexity index is 924. The Morgan fingerprint density at radius 3 is 2.17 bits per heavy atom. The van der Waals surface area contributed by atoms with Crippen LogP contribution in [0.15, 0.2) is 48.5 Å². The predicted molar refractivity (Wildman–Crippen MR) is 112 cm³/mol. The molecule has 2 unspecified atom stereocenters. The number of aliphatic hydroxyl groups excluding tert-OH is 1. The lowest BCUT2D eigenvalue weighted by molar-refractivity contribution is -0.136. The van der Waals surface area contributed by atoms with E-state index in [0.29, 0.717) is 12.8 Å². The van der Waals surface area contributed by atoms with Crippen LogP contribution in [-0.2, 0) is 9.53 Å². The van der Waals surface area contributed by atoms with Crippen molar-refractivity contribution in [3.63, 3.8) is 0 Å². The first-order chi connectivity index (χ1) is 14.6. The number of aliphatic hydroxyl groups is 1. The van der Waals surface area contributed by atoms with Crippen molar-refractivity contribution in [2.75, 3.05) is 19.7 Å². The number of fused-ring (bicyclic) bond motifs is 3. The number of amides is 2. The Morgan fingerprint density at radius 2 is 1.53 bits per heavy atom. The minimum absolute atomic E-state index is 0.0474. The van der Waals surface area contributed by atoms with Crippen LogP contribution < -0.4 is 0 Å². The van der Waals surface area contributed by atoms with Crippen molar-refractivity contribution >= 4 is 12.0 Å². The first-order valence-corrected chi connectivity index (χ1v) is 10.8. The molecule has 1 aliphatic carbocycles. The van der Waals surface area contributed by atoms with Crippen molar-refractivity contribution < 1.29 is 19.4 Å². The van der Waals surface area contributed by atoms with E-state index in [4.69, 9.17) is 4.74 Å². The largest absolute Gasteiger partial charge is 0.448 e. The van der Waals surface area contributed by atoms with Crippen LogP contribution in [0.5, 0.6) is 0 Å². The number of ether oxygens (including phenoxy) is 1. The number of rotatable bonds is 3. The highest BCUT2D eigenvalue weighted by Gasteiger charge is 2.43. The van der Waals surface area contributed by atoms with Crippen LogP contribution in [0.2, 0.25) is 0 Å². The third-order valence-electron chi connectivity index (χ3n) is 6.60. The van der Waals surface area contributed by atoms with Crippen LogP contribution in [0.1, 0.15) is 42.7 Å². The van der Waals surface area contributed by atoms with Gasteiger partial charge in [0.1, 0.15) is 18.9 Å². The smallest absolute Gasteiger partial charge is 0.412 e. The molecule has 156 valence electrons. The lowest BCUT2D eigenvalue weighted by atomic mass is 9.98. The van der Waals surface area contributed by atoms with Gasteiger partial charge in [-0.15, -0.1) is 0 Å². The fraction of sp³-hybridized carbons (Fsp3) is 0.417. The summed E-state index contributed by atoms with van der Waals surface area (Å²) < 4.78 is 5.69. The van der Waals surface area contributed by atoms with Crippen molar-refractivity contribution in [1.82, 2.24) is 9.80 Å². The summed E-state index contributed by atoms with van der Waals surface area (Å²) in [5, 5.41) is 10.4. The summed E-state index contributed by atoms with van der Waals surface area (Å²) in [5.41, 5.74) is 4.60. The molecule has 6 heteroatoms. The monoisotopic (exact) mass is 406 g/mol. The van der Waals surface area contributed by atoms with E-state index in [9.17, 15) is 14.7 Å². The maximum atomic E-state index is 12.9. The molecule has 2 aromatic carbocycles. The van der Waals surface area contributed by atoms with Gasteiger partial charge in [-0.25, -0.2) is 4.79 Å². The Hall–Kier alpha value is -2.86. The molecule has 1 N–H and O–H groups in total. The number of hydrogen-bond donors (Lipinski definition) is 1. The molecule has 2 aliphatic heterocycles. The Labute approximate surface area is 176 Å². The quantitative estimate of drug-likeness (QED) is 0.849. The van der Waals surface area contributed by atoms with Crippen LogP contribution in [0.3, 0.4) is 0 Å². The SMILES string of the molecule is O=C(C1CCC(O)N1C(=O)OCC1c2ccccc2-c2ccccc21)N1CCCC1. The topological polar surface area (TPSA) is 70.1 Å². The van der Waals surface area contributed by atoms with Gasteiger partial charge in [-0.1, -0.05) is 48.5 Å². The molecule has 2 heterocycles.